The average molecular weight is 350 g/mol. The van der Waals surface area contributed by atoms with Crippen molar-refractivity contribution in [1.29, 1.82) is 0 Å². The van der Waals surface area contributed by atoms with Gasteiger partial charge >= 0.3 is 0 Å². The molecule has 0 radical (unpaired) electrons. The van der Waals surface area contributed by atoms with Gasteiger partial charge in [-0.3, -0.25) is 9.59 Å². The largest absolute Gasteiger partial charge is 0.347 e. The van der Waals surface area contributed by atoms with Gasteiger partial charge in [-0.25, -0.2) is 4.98 Å². The molecular formula is C18H27N3O2S. The van der Waals surface area contributed by atoms with Gasteiger partial charge in [0.2, 0.25) is 11.8 Å². The Morgan fingerprint density at radius 1 is 1.25 bits per heavy atom. The molecular weight excluding hydrogens is 322 g/mol. The van der Waals surface area contributed by atoms with E-state index in [1.807, 2.05) is 10.3 Å². The van der Waals surface area contributed by atoms with Crippen molar-refractivity contribution in [2.75, 3.05) is 13.1 Å². The minimum absolute atomic E-state index is 0.0362. The minimum atomic E-state index is -0.0792. The van der Waals surface area contributed by atoms with Crippen molar-refractivity contribution in [3.8, 4) is 0 Å². The number of carbonyl (C=O) groups excluding carboxylic acids is 2. The molecule has 24 heavy (non-hydrogen) atoms. The zero-order chi connectivity index (χ0) is 16.9. The predicted octanol–water partition coefficient (Wildman–Crippen LogP) is 3.14. The minimum Gasteiger partial charge on any atom is -0.347 e. The van der Waals surface area contributed by atoms with Crippen molar-refractivity contribution in [2.24, 2.45) is 11.8 Å². The third kappa shape index (κ3) is 4.15. The summed E-state index contributed by atoms with van der Waals surface area (Å²) < 4.78 is 0. The molecule has 1 aliphatic carbocycles. The van der Waals surface area contributed by atoms with E-state index in [1.165, 1.54) is 19.3 Å². The molecule has 0 spiro atoms. The maximum atomic E-state index is 12.9. The number of likely N-dealkylation sites (tertiary alicyclic amines) is 1. The molecule has 132 valence electrons. The molecule has 2 fully saturated rings. The maximum absolute atomic E-state index is 12.9. The van der Waals surface area contributed by atoms with Crippen LogP contribution >= 0.6 is 11.3 Å². The van der Waals surface area contributed by atoms with Gasteiger partial charge in [-0.05, 0) is 25.7 Å². The van der Waals surface area contributed by atoms with Crippen molar-refractivity contribution in [2.45, 2.75) is 57.9 Å². The number of hydrogen-bond donors (Lipinski definition) is 1. The van der Waals surface area contributed by atoms with Gasteiger partial charge in [-0.15, -0.1) is 11.3 Å². The van der Waals surface area contributed by atoms with Gasteiger partial charge in [-0.2, -0.15) is 0 Å². The van der Waals surface area contributed by atoms with Gasteiger partial charge in [0.1, 0.15) is 5.01 Å². The lowest BCUT2D eigenvalue weighted by atomic mass is 9.86. The van der Waals surface area contributed by atoms with E-state index in [1.54, 1.807) is 24.5 Å². The van der Waals surface area contributed by atoms with Gasteiger partial charge < -0.3 is 10.2 Å². The average Bonchev–Trinajstić information content (AvgIpc) is 3.14. The topological polar surface area (TPSA) is 62.3 Å². The van der Waals surface area contributed by atoms with Gasteiger partial charge in [0.05, 0.1) is 6.04 Å². The molecule has 1 N–H and O–H groups in total. The summed E-state index contributed by atoms with van der Waals surface area (Å²) in [5, 5.41) is 5.95. The molecule has 0 aromatic carbocycles. The second-order valence-electron chi connectivity index (χ2n) is 7.07. The number of thiazole rings is 1. The normalized spacial score (nSPS) is 23.7. The first-order valence-electron chi connectivity index (χ1n) is 9.10. The number of piperidine rings is 1. The van der Waals surface area contributed by atoms with Crippen molar-refractivity contribution < 1.29 is 9.59 Å². The van der Waals surface area contributed by atoms with Crippen LogP contribution in [-0.4, -0.2) is 34.8 Å². The quantitative estimate of drug-likeness (QED) is 0.908. The van der Waals surface area contributed by atoms with Crippen LogP contribution in [0.25, 0.3) is 0 Å². The van der Waals surface area contributed by atoms with Crippen LogP contribution in [0.5, 0.6) is 0 Å². The lowest BCUT2D eigenvalue weighted by Gasteiger charge is -2.38. The highest BCUT2D eigenvalue weighted by molar-refractivity contribution is 7.09. The number of hydrogen-bond acceptors (Lipinski definition) is 4. The van der Waals surface area contributed by atoms with Crippen molar-refractivity contribution in [3.05, 3.63) is 16.6 Å². The number of amides is 2. The number of rotatable bonds is 4. The summed E-state index contributed by atoms with van der Waals surface area (Å²) in [5.41, 5.74) is 0. The van der Waals surface area contributed by atoms with E-state index in [0.29, 0.717) is 5.91 Å². The predicted molar refractivity (Wildman–Crippen MR) is 94.6 cm³/mol. The van der Waals surface area contributed by atoms with Gasteiger partial charge in [0.15, 0.2) is 0 Å². The molecule has 2 amide bonds. The molecule has 1 aromatic heterocycles. The Bertz CT molecular complexity index is 555. The summed E-state index contributed by atoms with van der Waals surface area (Å²) in [7, 11) is 0. The van der Waals surface area contributed by atoms with Crippen LogP contribution < -0.4 is 5.32 Å². The second-order valence-corrected chi connectivity index (χ2v) is 8.00. The summed E-state index contributed by atoms with van der Waals surface area (Å²) in [6.45, 7) is 3.14. The maximum Gasteiger partial charge on any atom is 0.225 e. The Morgan fingerprint density at radius 3 is 2.71 bits per heavy atom. The van der Waals surface area contributed by atoms with Crippen LogP contribution in [-0.2, 0) is 9.59 Å². The first-order valence-corrected chi connectivity index (χ1v) is 9.98. The molecule has 6 heteroatoms. The molecule has 1 aromatic rings. The zero-order valence-electron chi connectivity index (χ0n) is 14.4. The van der Waals surface area contributed by atoms with Crippen LogP contribution in [0.15, 0.2) is 11.6 Å². The third-order valence-electron chi connectivity index (χ3n) is 5.27. The van der Waals surface area contributed by atoms with Gasteiger partial charge in [0, 0.05) is 43.4 Å². The van der Waals surface area contributed by atoms with Gasteiger partial charge in [0.25, 0.3) is 0 Å². The summed E-state index contributed by atoms with van der Waals surface area (Å²) in [6, 6.07) is -0.0792. The number of aromatic nitrogens is 1. The Balaban J connectivity index is 1.68. The zero-order valence-corrected chi connectivity index (χ0v) is 15.2. The molecule has 3 rings (SSSR count). The van der Waals surface area contributed by atoms with Crippen LogP contribution in [0.4, 0.5) is 0 Å². The van der Waals surface area contributed by atoms with E-state index in [0.717, 1.165) is 43.8 Å². The van der Waals surface area contributed by atoms with Gasteiger partial charge in [-0.1, -0.05) is 19.3 Å². The SMILES string of the molecule is CC(=O)N[C@H](c1nccs1)[C@H]1CCCN(C(=O)C2CCCCC2)C1. The van der Waals surface area contributed by atoms with Crippen molar-refractivity contribution in [3.63, 3.8) is 0 Å². The van der Waals surface area contributed by atoms with E-state index in [2.05, 4.69) is 10.3 Å². The number of nitrogens with zero attached hydrogens (tertiary/aromatic N) is 2. The Kier molecular flexibility index (Phi) is 5.87. The lowest BCUT2D eigenvalue weighted by molar-refractivity contribution is -0.138. The molecule has 5 nitrogen and oxygen atoms in total. The standard InChI is InChI=1S/C18H27N3O2S/c1-13(22)20-16(17-19-9-11-24-17)15-8-5-10-21(12-15)18(23)14-6-3-2-4-7-14/h9,11,14-16H,2-8,10,12H2,1H3,(H,20,22)/t15-,16-/m0/s1. The first-order chi connectivity index (χ1) is 11.6. The third-order valence-corrected chi connectivity index (χ3v) is 6.13. The van der Waals surface area contributed by atoms with E-state index in [4.69, 9.17) is 0 Å². The fourth-order valence-electron chi connectivity index (χ4n) is 4.08. The molecule has 1 aliphatic heterocycles. The Morgan fingerprint density at radius 2 is 2.04 bits per heavy atom. The monoisotopic (exact) mass is 349 g/mol. The highest BCUT2D eigenvalue weighted by atomic mass is 32.1. The summed E-state index contributed by atoms with van der Waals surface area (Å²) in [5.74, 6) is 0.768. The fourth-order valence-corrected chi connectivity index (χ4v) is 4.86. The summed E-state index contributed by atoms with van der Waals surface area (Å²) >= 11 is 1.58. The van der Waals surface area contributed by atoms with E-state index >= 15 is 0 Å². The second kappa shape index (κ2) is 8.10. The number of nitrogens with one attached hydrogen (secondary N) is 1. The van der Waals surface area contributed by atoms with Crippen LogP contribution in [0.2, 0.25) is 0 Å². The first kappa shape index (κ1) is 17.4. The molecule has 2 aliphatic rings. The fraction of sp³-hybridized carbons (Fsp3) is 0.722. The summed E-state index contributed by atoms with van der Waals surface area (Å²) in [4.78, 5) is 30.9. The molecule has 0 unspecified atom stereocenters. The molecule has 1 saturated heterocycles. The van der Waals surface area contributed by atoms with E-state index in [-0.39, 0.29) is 23.8 Å². The van der Waals surface area contributed by atoms with E-state index < -0.39 is 0 Å². The Labute approximate surface area is 147 Å². The molecule has 2 heterocycles. The molecule has 1 saturated carbocycles. The summed E-state index contributed by atoms with van der Waals surface area (Å²) in [6.07, 6.45) is 9.53. The van der Waals surface area contributed by atoms with E-state index in [9.17, 15) is 9.59 Å². The smallest absolute Gasteiger partial charge is 0.225 e. The molecule has 0 bridgehead atoms. The van der Waals surface area contributed by atoms with Crippen LogP contribution in [0, 0.1) is 11.8 Å². The Hall–Kier alpha value is -1.43. The number of carbonyl (C=O) groups is 2. The highest BCUT2D eigenvalue weighted by Crippen LogP contribution is 2.33. The van der Waals surface area contributed by atoms with Crippen LogP contribution in [0.3, 0.4) is 0 Å². The lowest BCUT2D eigenvalue weighted by Crippen LogP contribution is -2.47. The molecule has 2 atom stereocenters. The highest BCUT2D eigenvalue weighted by Gasteiger charge is 2.34. The van der Waals surface area contributed by atoms with Crippen molar-refractivity contribution in [1.82, 2.24) is 15.2 Å². The van der Waals surface area contributed by atoms with Crippen molar-refractivity contribution >= 4 is 23.2 Å². The van der Waals surface area contributed by atoms with Crippen LogP contribution in [0.1, 0.15) is 62.9 Å².